The summed E-state index contributed by atoms with van der Waals surface area (Å²) in [5.74, 6) is 58.1. The van der Waals surface area contributed by atoms with Gasteiger partial charge >= 0.3 is 11.9 Å². The Hall–Kier alpha value is -7.26. The summed E-state index contributed by atoms with van der Waals surface area (Å²) in [6, 6.07) is 0. The van der Waals surface area contributed by atoms with Gasteiger partial charge in [0.15, 0.2) is 6.10 Å². The molecule has 0 aromatic carbocycles. The van der Waals surface area contributed by atoms with Gasteiger partial charge in [-0.2, -0.15) is 0 Å². The van der Waals surface area contributed by atoms with E-state index >= 15 is 0 Å². The van der Waals surface area contributed by atoms with E-state index in [1.54, 1.807) is 0 Å². The van der Waals surface area contributed by atoms with E-state index in [-0.39, 0.29) is 0 Å². The van der Waals surface area contributed by atoms with Crippen molar-refractivity contribution in [2.45, 2.75) is 6.10 Å². The normalized spacial score (nSPS) is 6.39. The molecule has 0 heterocycles. The Morgan fingerprint density at radius 1 is 0.526 bits per heavy atom. The Kier molecular flexibility index (Phi) is 19.7. The highest BCUT2D eigenvalue weighted by Crippen LogP contribution is 1.94. The van der Waals surface area contributed by atoms with Crippen molar-refractivity contribution in [1.82, 2.24) is 0 Å². The van der Waals surface area contributed by atoms with Crippen LogP contribution in [0.5, 0.6) is 0 Å². The maximum absolute atomic E-state index is 11.6. The molecule has 38 heavy (non-hydrogen) atoms. The Balaban J connectivity index is 4.60. The van der Waals surface area contributed by atoms with Gasteiger partial charge in [0.05, 0.1) is 6.61 Å². The Bertz CT molecular complexity index is 1800. The number of hydrogen-bond acceptors (Lipinski definition) is 5. The third-order valence-electron chi connectivity index (χ3n) is 2.60. The molecule has 170 valence electrons. The Morgan fingerprint density at radius 3 is 1.18 bits per heavy atom. The first-order valence-corrected chi connectivity index (χ1v) is 9.55. The van der Waals surface area contributed by atoms with Crippen LogP contribution in [0.2, 0.25) is 0 Å². The van der Waals surface area contributed by atoms with E-state index in [2.05, 4.69) is 154 Å². The molecule has 0 fully saturated rings. The van der Waals surface area contributed by atoms with Crippen molar-refractivity contribution in [2.75, 3.05) is 13.2 Å². The van der Waals surface area contributed by atoms with E-state index < -0.39 is 31.3 Å². The largest absolute Gasteiger partial charge is 0.452 e. The van der Waals surface area contributed by atoms with E-state index in [1.807, 2.05) is 0 Å². The number of aliphatic hydroxyl groups is 1. The first-order valence-electron chi connectivity index (χ1n) is 9.55. The highest BCUT2D eigenvalue weighted by atomic mass is 16.6. The van der Waals surface area contributed by atoms with Crippen LogP contribution in [0.4, 0.5) is 0 Å². The number of ether oxygens (including phenoxy) is 2. The summed E-state index contributed by atoms with van der Waals surface area (Å²) in [6.45, 7) is -1.08. The lowest BCUT2D eigenvalue weighted by Gasteiger charge is -2.12. The fourth-order valence-electron chi connectivity index (χ4n) is 1.31. The second-order valence-corrected chi connectivity index (χ2v) is 5.10. The van der Waals surface area contributed by atoms with Crippen LogP contribution in [0.3, 0.4) is 0 Å². The summed E-state index contributed by atoms with van der Waals surface area (Å²) in [5.41, 5.74) is 0. The van der Waals surface area contributed by atoms with Crippen LogP contribution in [-0.2, 0) is 19.1 Å². The average molecular weight is 484 g/mol. The monoisotopic (exact) mass is 484 g/mol. The van der Waals surface area contributed by atoms with E-state index in [4.69, 9.17) is 22.3 Å². The zero-order valence-corrected chi connectivity index (χ0v) is 19.2. The number of esters is 2. The molecule has 0 radical (unpaired) electrons. The van der Waals surface area contributed by atoms with Crippen molar-refractivity contribution < 1.29 is 24.2 Å². The number of rotatable bonds is 4. The maximum atomic E-state index is 11.6. The molecule has 0 saturated heterocycles. The molecular formula is C33H8O5. The lowest BCUT2D eigenvalue weighted by atomic mass is 10.4. The van der Waals surface area contributed by atoms with Crippen LogP contribution in [0, 0.1) is 167 Å². The van der Waals surface area contributed by atoms with E-state index in [9.17, 15) is 14.7 Å². The quantitative estimate of drug-likeness (QED) is 0.307. The Morgan fingerprint density at radius 2 is 0.842 bits per heavy atom. The van der Waals surface area contributed by atoms with Gasteiger partial charge in [-0.15, -0.1) is 12.8 Å². The molecule has 0 aromatic rings. The van der Waals surface area contributed by atoms with Gasteiger partial charge < -0.3 is 14.6 Å². The molecule has 1 atom stereocenters. The minimum atomic E-state index is -1.16. The number of carbonyl (C=O) groups excluding carboxylic acids is 2. The summed E-state index contributed by atoms with van der Waals surface area (Å²) in [6.07, 6.45) is 8.67. The van der Waals surface area contributed by atoms with Crippen LogP contribution in [0.1, 0.15) is 0 Å². The van der Waals surface area contributed by atoms with Gasteiger partial charge in [-0.3, -0.25) is 0 Å². The van der Waals surface area contributed by atoms with Gasteiger partial charge in [0.25, 0.3) is 0 Å². The van der Waals surface area contributed by atoms with Crippen molar-refractivity contribution >= 4 is 11.9 Å². The highest BCUT2D eigenvalue weighted by molar-refractivity contribution is 5.90. The van der Waals surface area contributed by atoms with E-state index in [0.29, 0.717) is 0 Å². The molecule has 0 rings (SSSR count). The average Bonchev–Trinajstić information content (AvgIpc) is 2.92. The van der Waals surface area contributed by atoms with Gasteiger partial charge in [0.1, 0.15) is 6.61 Å². The highest BCUT2D eigenvalue weighted by Gasteiger charge is 2.14. The zero-order valence-electron chi connectivity index (χ0n) is 19.2. The maximum Gasteiger partial charge on any atom is 0.385 e. The standard InChI is InChI=1S/C33H8O5/c1-3-5-7-9-11-13-15-16-17-18-20-22-24-26-28-33(36)38-31(29-34)30-37-32(35)27-25-23-21-19-14-12-10-8-6-4-2/h1-2,31,34H,29-30H2/t31-/m0/s1. The SMILES string of the molecule is C#CC#CC#CC#CC#CC#CC#CC#CC(=O)O[C@@H](CO)COC(=O)C#CC#CC#CC#CC#CC#C. The van der Waals surface area contributed by atoms with E-state index in [0.717, 1.165) is 0 Å². The summed E-state index contributed by atoms with van der Waals surface area (Å²) in [4.78, 5) is 23.2. The predicted molar refractivity (Wildman–Crippen MR) is 139 cm³/mol. The second-order valence-electron chi connectivity index (χ2n) is 5.10. The van der Waals surface area contributed by atoms with Crippen LogP contribution >= 0.6 is 0 Å². The van der Waals surface area contributed by atoms with Gasteiger partial charge in [-0.25, -0.2) is 9.59 Å². The van der Waals surface area contributed by atoms with Crippen LogP contribution in [0.25, 0.3) is 0 Å². The molecule has 0 bridgehead atoms. The number of hydrogen-bond donors (Lipinski definition) is 1. The summed E-state index contributed by atoms with van der Waals surface area (Å²) >= 11 is 0. The minimum absolute atomic E-state index is 0.457. The molecule has 0 unspecified atom stereocenters. The lowest BCUT2D eigenvalue weighted by molar-refractivity contribution is -0.153. The molecule has 0 amide bonds. The second kappa shape index (κ2) is 24.4. The first kappa shape index (κ1) is 30.7. The van der Waals surface area contributed by atoms with Crippen molar-refractivity contribution in [2.24, 2.45) is 0 Å². The van der Waals surface area contributed by atoms with Gasteiger partial charge in [-0.05, 0) is 142 Å². The summed E-state index contributed by atoms with van der Waals surface area (Å²) in [7, 11) is 0. The number of aliphatic hydroxyl groups excluding tert-OH is 1. The van der Waals surface area contributed by atoms with Gasteiger partial charge in [0, 0.05) is 11.8 Å². The zero-order chi connectivity index (χ0) is 27.9. The van der Waals surface area contributed by atoms with Crippen LogP contribution < -0.4 is 0 Å². The van der Waals surface area contributed by atoms with Crippen LogP contribution in [-0.4, -0.2) is 36.4 Å². The lowest BCUT2D eigenvalue weighted by Crippen LogP contribution is -2.27. The van der Waals surface area contributed by atoms with Crippen molar-refractivity contribution in [1.29, 1.82) is 0 Å². The number of terminal acetylenes is 2. The molecular weight excluding hydrogens is 476 g/mol. The first-order chi connectivity index (χ1) is 18.6. The minimum Gasteiger partial charge on any atom is -0.452 e. The van der Waals surface area contributed by atoms with Crippen LogP contribution in [0.15, 0.2) is 0 Å². The smallest absolute Gasteiger partial charge is 0.385 e. The van der Waals surface area contributed by atoms with Crippen molar-refractivity contribution in [3.63, 3.8) is 0 Å². The summed E-state index contributed by atoms with van der Waals surface area (Å²) < 4.78 is 9.59. The molecule has 5 nitrogen and oxygen atoms in total. The molecule has 0 aliphatic carbocycles. The van der Waals surface area contributed by atoms with Gasteiger partial charge in [0.2, 0.25) is 0 Å². The fraction of sp³-hybridized carbons (Fsp3) is 0.0909. The predicted octanol–water partition coefficient (Wildman–Crippen LogP) is -1.26. The van der Waals surface area contributed by atoms with E-state index in [1.165, 1.54) is 0 Å². The third-order valence-corrected chi connectivity index (χ3v) is 2.60. The molecule has 0 aromatic heterocycles. The molecule has 1 N–H and O–H groups in total. The topological polar surface area (TPSA) is 72.8 Å². The van der Waals surface area contributed by atoms with Crippen molar-refractivity contribution in [3.8, 4) is 167 Å². The van der Waals surface area contributed by atoms with Crippen molar-refractivity contribution in [3.05, 3.63) is 0 Å². The molecule has 0 spiro atoms. The molecule has 0 aliphatic heterocycles. The molecule has 0 saturated carbocycles. The molecule has 0 aliphatic rings. The Labute approximate surface area is 222 Å². The number of carbonyl (C=O) groups is 2. The molecule has 5 heteroatoms. The third kappa shape index (κ3) is 22.0. The fourth-order valence-corrected chi connectivity index (χ4v) is 1.31. The summed E-state index contributed by atoms with van der Waals surface area (Å²) in [5, 5.41) is 9.24. The van der Waals surface area contributed by atoms with Gasteiger partial charge in [-0.1, -0.05) is 0 Å².